The van der Waals surface area contributed by atoms with Gasteiger partial charge in [-0.3, -0.25) is 4.79 Å². The fraction of sp³-hybridized carbons (Fsp3) is 0.350. The SMILES string of the molecule is CC1CCCCN1C(=O)c1ccc(OCc2ccccc2)cc1. The fourth-order valence-electron chi connectivity index (χ4n) is 3.00. The molecule has 3 heteroatoms. The van der Waals surface area contributed by atoms with Crippen LogP contribution in [0.2, 0.25) is 0 Å². The molecule has 0 bridgehead atoms. The maximum Gasteiger partial charge on any atom is 0.254 e. The Morgan fingerprint density at radius 3 is 2.52 bits per heavy atom. The lowest BCUT2D eigenvalue weighted by Gasteiger charge is -2.33. The number of nitrogens with zero attached hydrogens (tertiary/aromatic N) is 1. The van der Waals surface area contributed by atoms with Crippen LogP contribution in [0.15, 0.2) is 54.6 Å². The maximum absolute atomic E-state index is 12.6. The second-order valence-electron chi connectivity index (χ2n) is 6.14. The lowest BCUT2D eigenvalue weighted by Crippen LogP contribution is -2.41. The molecule has 120 valence electrons. The molecular weight excluding hydrogens is 286 g/mol. The van der Waals surface area contributed by atoms with Gasteiger partial charge >= 0.3 is 0 Å². The molecule has 0 spiro atoms. The molecule has 1 fully saturated rings. The summed E-state index contributed by atoms with van der Waals surface area (Å²) in [5.74, 6) is 0.920. The number of benzene rings is 2. The van der Waals surface area contributed by atoms with E-state index in [2.05, 4.69) is 6.92 Å². The van der Waals surface area contributed by atoms with E-state index in [0.29, 0.717) is 12.6 Å². The smallest absolute Gasteiger partial charge is 0.254 e. The van der Waals surface area contributed by atoms with Crippen LogP contribution in [0.1, 0.15) is 42.1 Å². The summed E-state index contributed by atoms with van der Waals surface area (Å²) in [7, 11) is 0. The predicted molar refractivity (Wildman–Crippen MR) is 91.6 cm³/mol. The summed E-state index contributed by atoms with van der Waals surface area (Å²) in [5.41, 5.74) is 1.88. The van der Waals surface area contributed by atoms with Crippen LogP contribution in [0.4, 0.5) is 0 Å². The molecule has 1 aliphatic heterocycles. The van der Waals surface area contributed by atoms with Gasteiger partial charge in [0.1, 0.15) is 12.4 Å². The second kappa shape index (κ2) is 7.32. The molecule has 1 aliphatic rings. The van der Waals surface area contributed by atoms with E-state index < -0.39 is 0 Å². The molecule has 1 unspecified atom stereocenters. The highest BCUT2D eigenvalue weighted by Gasteiger charge is 2.23. The lowest BCUT2D eigenvalue weighted by molar-refractivity contribution is 0.0635. The first-order valence-corrected chi connectivity index (χ1v) is 8.32. The van der Waals surface area contributed by atoms with Crippen molar-refractivity contribution in [2.45, 2.75) is 38.8 Å². The Labute approximate surface area is 137 Å². The van der Waals surface area contributed by atoms with Crippen LogP contribution in [-0.4, -0.2) is 23.4 Å². The summed E-state index contributed by atoms with van der Waals surface area (Å²) < 4.78 is 5.77. The number of piperidine rings is 1. The van der Waals surface area contributed by atoms with Crippen LogP contribution in [0.25, 0.3) is 0 Å². The second-order valence-corrected chi connectivity index (χ2v) is 6.14. The van der Waals surface area contributed by atoms with Crippen molar-refractivity contribution in [2.24, 2.45) is 0 Å². The van der Waals surface area contributed by atoms with Gasteiger partial charge in [-0.15, -0.1) is 0 Å². The number of ether oxygens (including phenoxy) is 1. The molecule has 1 heterocycles. The number of rotatable bonds is 4. The Balaban J connectivity index is 1.61. The summed E-state index contributed by atoms with van der Waals surface area (Å²) in [4.78, 5) is 14.6. The standard InChI is InChI=1S/C20H23NO2/c1-16-7-5-6-14-21(16)20(22)18-10-12-19(13-11-18)23-15-17-8-3-2-4-9-17/h2-4,8-13,16H,5-7,14-15H2,1H3. The van der Waals surface area contributed by atoms with Crippen molar-refractivity contribution in [3.63, 3.8) is 0 Å². The monoisotopic (exact) mass is 309 g/mol. The van der Waals surface area contributed by atoms with Gasteiger partial charge in [0, 0.05) is 18.2 Å². The van der Waals surface area contributed by atoms with E-state index in [4.69, 9.17) is 4.74 Å². The van der Waals surface area contributed by atoms with E-state index >= 15 is 0 Å². The van der Waals surface area contributed by atoms with Gasteiger partial charge in [-0.2, -0.15) is 0 Å². The molecule has 0 aromatic heterocycles. The summed E-state index contributed by atoms with van der Waals surface area (Å²) in [6.07, 6.45) is 3.43. The van der Waals surface area contributed by atoms with E-state index in [1.54, 1.807) is 0 Å². The molecule has 1 atom stereocenters. The van der Waals surface area contributed by atoms with Crippen molar-refractivity contribution in [3.8, 4) is 5.75 Å². The zero-order valence-corrected chi connectivity index (χ0v) is 13.6. The first-order chi connectivity index (χ1) is 11.2. The summed E-state index contributed by atoms with van der Waals surface area (Å²) in [6.45, 7) is 3.54. The summed E-state index contributed by atoms with van der Waals surface area (Å²) in [5, 5.41) is 0. The van der Waals surface area contributed by atoms with E-state index in [0.717, 1.165) is 36.3 Å². The molecule has 3 nitrogen and oxygen atoms in total. The third kappa shape index (κ3) is 3.92. The highest BCUT2D eigenvalue weighted by atomic mass is 16.5. The molecule has 1 amide bonds. The van der Waals surface area contributed by atoms with Crippen molar-refractivity contribution < 1.29 is 9.53 Å². The Kier molecular flexibility index (Phi) is 4.96. The van der Waals surface area contributed by atoms with Gasteiger partial charge in [0.2, 0.25) is 0 Å². The highest BCUT2D eigenvalue weighted by molar-refractivity contribution is 5.94. The van der Waals surface area contributed by atoms with Gasteiger partial charge in [-0.05, 0) is 56.0 Å². The molecule has 23 heavy (non-hydrogen) atoms. The molecular formula is C20H23NO2. The number of carbonyl (C=O) groups is 1. The van der Waals surface area contributed by atoms with Crippen molar-refractivity contribution in [2.75, 3.05) is 6.54 Å². The quantitative estimate of drug-likeness (QED) is 0.843. The average molecular weight is 309 g/mol. The molecule has 2 aromatic rings. The Morgan fingerprint density at radius 2 is 1.83 bits per heavy atom. The van der Waals surface area contributed by atoms with Crippen molar-refractivity contribution >= 4 is 5.91 Å². The van der Waals surface area contributed by atoms with Crippen molar-refractivity contribution in [1.29, 1.82) is 0 Å². The fourth-order valence-corrected chi connectivity index (χ4v) is 3.00. The van der Waals surface area contributed by atoms with Crippen LogP contribution >= 0.6 is 0 Å². The van der Waals surface area contributed by atoms with E-state index in [9.17, 15) is 4.79 Å². The van der Waals surface area contributed by atoms with Crippen LogP contribution in [-0.2, 0) is 6.61 Å². The maximum atomic E-state index is 12.6. The van der Waals surface area contributed by atoms with Crippen LogP contribution in [0, 0.1) is 0 Å². The zero-order valence-electron chi connectivity index (χ0n) is 13.6. The lowest BCUT2D eigenvalue weighted by atomic mass is 10.0. The zero-order chi connectivity index (χ0) is 16.1. The average Bonchev–Trinajstić information content (AvgIpc) is 2.61. The summed E-state index contributed by atoms with van der Waals surface area (Å²) in [6, 6.07) is 17.9. The molecule has 3 rings (SSSR count). The molecule has 0 aliphatic carbocycles. The first-order valence-electron chi connectivity index (χ1n) is 8.32. The third-order valence-electron chi connectivity index (χ3n) is 4.41. The topological polar surface area (TPSA) is 29.5 Å². The Morgan fingerprint density at radius 1 is 1.09 bits per heavy atom. The van der Waals surface area contributed by atoms with Crippen LogP contribution < -0.4 is 4.74 Å². The van der Waals surface area contributed by atoms with Gasteiger partial charge in [0.25, 0.3) is 5.91 Å². The van der Waals surface area contributed by atoms with Gasteiger partial charge in [0.15, 0.2) is 0 Å². The van der Waals surface area contributed by atoms with Crippen LogP contribution in [0.3, 0.4) is 0 Å². The van der Waals surface area contributed by atoms with Gasteiger partial charge in [0.05, 0.1) is 0 Å². The molecule has 0 radical (unpaired) electrons. The Bertz CT molecular complexity index is 636. The minimum absolute atomic E-state index is 0.131. The van der Waals surface area contributed by atoms with Gasteiger partial charge < -0.3 is 9.64 Å². The molecule has 0 N–H and O–H groups in total. The van der Waals surface area contributed by atoms with Gasteiger partial charge in [-0.1, -0.05) is 30.3 Å². The van der Waals surface area contributed by atoms with E-state index in [1.165, 1.54) is 6.42 Å². The van der Waals surface area contributed by atoms with Crippen molar-refractivity contribution in [1.82, 2.24) is 4.90 Å². The highest BCUT2D eigenvalue weighted by Crippen LogP contribution is 2.21. The third-order valence-corrected chi connectivity index (χ3v) is 4.41. The van der Waals surface area contributed by atoms with E-state index in [1.807, 2.05) is 59.5 Å². The summed E-state index contributed by atoms with van der Waals surface area (Å²) >= 11 is 0. The first kappa shape index (κ1) is 15.6. The molecule has 0 saturated carbocycles. The van der Waals surface area contributed by atoms with Gasteiger partial charge in [-0.25, -0.2) is 0 Å². The molecule has 2 aromatic carbocycles. The minimum Gasteiger partial charge on any atom is -0.489 e. The molecule has 1 saturated heterocycles. The van der Waals surface area contributed by atoms with Crippen molar-refractivity contribution in [3.05, 3.63) is 65.7 Å². The number of amides is 1. The predicted octanol–water partition coefficient (Wildman–Crippen LogP) is 4.28. The normalized spacial score (nSPS) is 17.8. The van der Waals surface area contributed by atoms with Crippen LogP contribution in [0.5, 0.6) is 5.75 Å². The number of likely N-dealkylation sites (tertiary alicyclic amines) is 1. The number of carbonyl (C=O) groups excluding carboxylic acids is 1. The number of hydrogen-bond acceptors (Lipinski definition) is 2. The number of hydrogen-bond donors (Lipinski definition) is 0. The van der Waals surface area contributed by atoms with E-state index in [-0.39, 0.29) is 5.91 Å². The largest absolute Gasteiger partial charge is 0.489 e. The Hall–Kier alpha value is -2.29. The minimum atomic E-state index is 0.131.